The molecule has 0 aliphatic carbocycles. The highest BCUT2D eigenvalue weighted by molar-refractivity contribution is 5.89. The summed E-state index contributed by atoms with van der Waals surface area (Å²) in [5.74, 6) is 1.11. The van der Waals surface area contributed by atoms with Crippen LogP contribution in [0.2, 0.25) is 0 Å². The predicted molar refractivity (Wildman–Crippen MR) is 98.8 cm³/mol. The first-order valence-corrected chi connectivity index (χ1v) is 9.86. The second-order valence-electron chi connectivity index (χ2n) is 7.86. The van der Waals surface area contributed by atoms with E-state index in [0.717, 1.165) is 12.2 Å². The van der Waals surface area contributed by atoms with Crippen LogP contribution >= 0.6 is 0 Å². The van der Waals surface area contributed by atoms with Crippen molar-refractivity contribution < 1.29 is 18.8 Å². The first kappa shape index (κ1) is 18.2. The second-order valence-corrected chi connectivity index (χ2v) is 7.86. The number of hydrogen-bond acceptors (Lipinski definition) is 3. The Morgan fingerprint density at radius 3 is 2.64 bits per heavy atom. The van der Waals surface area contributed by atoms with E-state index in [1.165, 1.54) is 49.7 Å². The van der Waals surface area contributed by atoms with Crippen LogP contribution in [0.1, 0.15) is 55.8 Å². The van der Waals surface area contributed by atoms with Crippen LogP contribution in [-0.4, -0.2) is 49.8 Å². The SMILES string of the molecule is CCCOc1ccc(C(=O)OC[C@@H]2CCC[N+]3(C)CCCC[C@H]23)cc1. The second kappa shape index (κ2) is 8.22. The molecule has 0 bridgehead atoms. The third-order valence-electron chi connectivity index (χ3n) is 6.00. The Kier molecular flexibility index (Phi) is 6.00. The molecule has 0 spiro atoms. The van der Waals surface area contributed by atoms with Crippen LogP contribution in [0.3, 0.4) is 0 Å². The maximum atomic E-state index is 12.4. The van der Waals surface area contributed by atoms with Crippen LogP contribution in [0, 0.1) is 5.92 Å². The van der Waals surface area contributed by atoms with Crippen LogP contribution in [-0.2, 0) is 4.74 Å². The maximum Gasteiger partial charge on any atom is 0.338 e. The van der Waals surface area contributed by atoms with Crippen molar-refractivity contribution in [2.45, 2.75) is 51.5 Å². The third-order valence-corrected chi connectivity index (χ3v) is 6.00. The molecule has 1 unspecified atom stereocenters. The van der Waals surface area contributed by atoms with Crippen LogP contribution in [0.15, 0.2) is 24.3 Å². The minimum Gasteiger partial charge on any atom is -0.494 e. The predicted octanol–water partition coefficient (Wildman–Crippen LogP) is 4.04. The van der Waals surface area contributed by atoms with Crippen molar-refractivity contribution in [2.24, 2.45) is 5.92 Å². The minimum atomic E-state index is -0.211. The van der Waals surface area contributed by atoms with Gasteiger partial charge in [0.2, 0.25) is 0 Å². The number of carbonyl (C=O) groups is 1. The minimum absolute atomic E-state index is 0.211. The maximum absolute atomic E-state index is 12.4. The number of hydrogen-bond donors (Lipinski definition) is 0. The zero-order valence-corrected chi connectivity index (χ0v) is 15.7. The van der Waals surface area contributed by atoms with E-state index in [2.05, 4.69) is 14.0 Å². The number of quaternary nitrogens is 1. The molecule has 2 heterocycles. The summed E-state index contributed by atoms with van der Waals surface area (Å²) in [6.07, 6.45) is 7.36. The molecular formula is C21H32NO3+. The Balaban J connectivity index is 1.54. The van der Waals surface area contributed by atoms with Gasteiger partial charge in [-0.25, -0.2) is 4.79 Å². The van der Waals surface area contributed by atoms with Gasteiger partial charge in [-0.1, -0.05) is 6.92 Å². The third kappa shape index (κ3) is 4.35. The van der Waals surface area contributed by atoms with E-state index in [-0.39, 0.29) is 5.97 Å². The van der Waals surface area contributed by atoms with Crippen molar-refractivity contribution in [2.75, 3.05) is 33.4 Å². The lowest BCUT2D eigenvalue weighted by Crippen LogP contribution is -2.61. The molecule has 4 heteroatoms. The number of rotatable bonds is 6. The standard InChI is InChI=1S/C21H32NO3/c1-3-15-24-19-11-9-17(10-12-19)21(23)25-16-18-7-6-14-22(2)13-5-4-8-20(18)22/h9-12,18,20H,3-8,13-16H2,1-2H3/q+1/t18-,20+,22?/m0/s1. The molecule has 2 saturated heterocycles. The van der Waals surface area contributed by atoms with E-state index in [4.69, 9.17) is 9.47 Å². The molecule has 2 aliphatic rings. The number of fused-ring (bicyclic) bond motifs is 1. The summed E-state index contributed by atoms with van der Waals surface area (Å²) < 4.78 is 12.4. The highest BCUT2D eigenvalue weighted by Gasteiger charge is 2.43. The fourth-order valence-corrected chi connectivity index (χ4v) is 4.60. The molecule has 3 rings (SSSR count). The summed E-state index contributed by atoms with van der Waals surface area (Å²) in [6.45, 7) is 5.91. The molecule has 2 aliphatic heterocycles. The van der Waals surface area contributed by atoms with Gasteiger partial charge in [0.15, 0.2) is 0 Å². The Morgan fingerprint density at radius 2 is 1.88 bits per heavy atom. The van der Waals surface area contributed by atoms with Gasteiger partial charge in [0.1, 0.15) is 12.4 Å². The number of benzene rings is 1. The highest BCUT2D eigenvalue weighted by Crippen LogP contribution is 2.36. The molecule has 1 aromatic carbocycles. The van der Waals surface area contributed by atoms with E-state index in [0.29, 0.717) is 30.7 Å². The lowest BCUT2D eigenvalue weighted by Gasteiger charge is -2.51. The number of carbonyl (C=O) groups excluding carboxylic acids is 1. The normalized spacial score (nSPS) is 28.9. The Hall–Kier alpha value is -1.55. The van der Waals surface area contributed by atoms with E-state index in [1.54, 1.807) is 12.1 Å². The van der Waals surface area contributed by atoms with Gasteiger partial charge in [0.25, 0.3) is 0 Å². The highest BCUT2D eigenvalue weighted by atomic mass is 16.5. The number of ether oxygens (including phenoxy) is 2. The molecule has 25 heavy (non-hydrogen) atoms. The molecule has 2 fully saturated rings. The van der Waals surface area contributed by atoms with Gasteiger partial charge in [0.05, 0.1) is 38.3 Å². The summed E-state index contributed by atoms with van der Waals surface area (Å²) in [5, 5.41) is 0. The van der Waals surface area contributed by atoms with Gasteiger partial charge in [0, 0.05) is 12.3 Å². The van der Waals surface area contributed by atoms with E-state index in [9.17, 15) is 4.79 Å². The number of esters is 1. The lowest BCUT2D eigenvalue weighted by atomic mass is 9.82. The fourth-order valence-electron chi connectivity index (χ4n) is 4.60. The zero-order valence-electron chi connectivity index (χ0n) is 15.7. The molecule has 0 radical (unpaired) electrons. The van der Waals surface area contributed by atoms with E-state index < -0.39 is 0 Å². The van der Waals surface area contributed by atoms with Gasteiger partial charge in [-0.2, -0.15) is 0 Å². The molecule has 0 saturated carbocycles. The van der Waals surface area contributed by atoms with Gasteiger partial charge >= 0.3 is 5.97 Å². The Morgan fingerprint density at radius 1 is 1.12 bits per heavy atom. The molecule has 138 valence electrons. The van der Waals surface area contributed by atoms with Gasteiger partial charge in [-0.05, 0) is 56.4 Å². The molecule has 0 amide bonds. The van der Waals surface area contributed by atoms with Crippen molar-refractivity contribution in [3.05, 3.63) is 29.8 Å². The summed E-state index contributed by atoms with van der Waals surface area (Å²) in [4.78, 5) is 12.4. The van der Waals surface area contributed by atoms with Crippen molar-refractivity contribution >= 4 is 5.97 Å². The van der Waals surface area contributed by atoms with E-state index in [1.807, 2.05) is 12.1 Å². The summed E-state index contributed by atoms with van der Waals surface area (Å²) in [5.41, 5.74) is 0.612. The molecular weight excluding hydrogens is 314 g/mol. The first-order valence-electron chi connectivity index (χ1n) is 9.86. The molecule has 0 aromatic heterocycles. The molecule has 3 atom stereocenters. The van der Waals surface area contributed by atoms with Crippen molar-refractivity contribution in [1.29, 1.82) is 0 Å². The monoisotopic (exact) mass is 346 g/mol. The largest absolute Gasteiger partial charge is 0.494 e. The van der Waals surface area contributed by atoms with Crippen molar-refractivity contribution in [3.8, 4) is 5.75 Å². The van der Waals surface area contributed by atoms with Crippen molar-refractivity contribution in [3.63, 3.8) is 0 Å². The average Bonchev–Trinajstić information content (AvgIpc) is 2.64. The molecule has 0 N–H and O–H groups in total. The Labute approximate surface area is 151 Å². The topological polar surface area (TPSA) is 35.5 Å². The van der Waals surface area contributed by atoms with Crippen LogP contribution < -0.4 is 4.74 Å². The summed E-state index contributed by atoms with van der Waals surface area (Å²) in [6, 6.07) is 7.97. The van der Waals surface area contributed by atoms with Gasteiger partial charge in [-0.3, -0.25) is 0 Å². The fraction of sp³-hybridized carbons (Fsp3) is 0.667. The lowest BCUT2D eigenvalue weighted by molar-refractivity contribution is -0.947. The number of nitrogens with zero attached hydrogens (tertiary/aromatic N) is 1. The number of piperidine rings is 2. The summed E-state index contributed by atoms with van der Waals surface area (Å²) >= 11 is 0. The smallest absolute Gasteiger partial charge is 0.338 e. The van der Waals surface area contributed by atoms with Crippen molar-refractivity contribution in [1.82, 2.24) is 0 Å². The van der Waals surface area contributed by atoms with Crippen LogP contribution in [0.25, 0.3) is 0 Å². The summed E-state index contributed by atoms with van der Waals surface area (Å²) in [7, 11) is 2.40. The molecule has 1 aromatic rings. The zero-order chi connectivity index (χ0) is 17.7. The molecule has 4 nitrogen and oxygen atoms in total. The first-order chi connectivity index (χ1) is 12.1. The van der Waals surface area contributed by atoms with Gasteiger partial charge in [-0.15, -0.1) is 0 Å². The quantitative estimate of drug-likeness (QED) is 0.576. The Bertz CT molecular complexity index is 567. The van der Waals surface area contributed by atoms with Crippen LogP contribution in [0.5, 0.6) is 5.75 Å². The average molecular weight is 346 g/mol. The van der Waals surface area contributed by atoms with E-state index >= 15 is 0 Å². The van der Waals surface area contributed by atoms with Gasteiger partial charge < -0.3 is 14.0 Å². The van der Waals surface area contributed by atoms with Crippen LogP contribution in [0.4, 0.5) is 0 Å².